The number of aromatic nitrogens is 3. The van der Waals surface area contributed by atoms with Crippen molar-refractivity contribution in [1.82, 2.24) is 14.9 Å². The quantitative estimate of drug-likeness (QED) is 0.236. The number of nitrogens with one attached hydrogen (secondary N) is 1. The van der Waals surface area contributed by atoms with Crippen LogP contribution in [0.4, 0.5) is 27.6 Å². The van der Waals surface area contributed by atoms with Crippen molar-refractivity contribution >= 4 is 11.6 Å². The second-order valence-corrected chi connectivity index (χ2v) is 7.10. The summed E-state index contributed by atoms with van der Waals surface area (Å²) < 4.78 is 79.5. The average Bonchev–Trinajstić information content (AvgIpc) is 3.44. The molecule has 1 N–H and O–H groups in total. The van der Waals surface area contributed by atoms with E-state index in [0.29, 0.717) is 17.1 Å². The molecule has 7 nitrogen and oxygen atoms in total. The number of nitrogens with zero attached hydrogens (tertiary/aromatic N) is 3. The molecule has 0 aliphatic heterocycles. The first-order valence-corrected chi connectivity index (χ1v) is 9.73. The van der Waals surface area contributed by atoms with Gasteiger partial charge in [-0.2, -0.15) is 5.10 Å². The molecule has 0 bridgehead atoms. The maximum atomic E-state index is 13.9. The number of para-hydroxylation sites is 1. The fraction of sp³-hybridized carbons (Fsp3) is 0.136. The zero-order valence-corrected chi connectivity index (χ0v) is 17.4. The van der Waals surface area contributed by atoms with Gasteiger partial charge in [-0.05, 0) is 19.1 Å². The standard InChI is InChI=1S/C22H15F5N4O3/c1-11-15(10-33-13-5-3-2-4-6-13)21(30-34-11)22(32)29-12-7-28-31(8-12)9-14-16(23)18(25)20(27)19(26)17(14)24/h2-8H,9-10H2,1H3,(H,29,32). The highest BCUT2D eigenvalue weighted by atomic mass is 19.2. The number of aryl methyl sites for hydroxylation is 1. The molecule has 0 radical (unpaired) electrons. The van der Waals surface area contributed by atoms with E-state index in [0.717, 1.165) is 17.1 Å². The topological polar surface area (TPSA) is 82.2 Å². The van der Waals surface area contributed by atoms with Gasteiger partial charge in [0.2, 0.25) is 5.82 Å². The van der Waals surface area contributed by atoms with Gasteiger partial charge >= 0.3 is 0 Å². The van der Waals surface area contributed by atoms with E-state index in [1.165, 1.54) is 0 Å². The average molecular weight is 478 g/mol. The molecular formula is C22H15F5N4O3. The van der Waals surface area contributed by atoms with Crippen molar-refractivity contribution in [1.29, 1.82) is 0 Å². The fourth-order valence-electron chi connectivity index (χ4n) is 3.07. The summed E-state index contributed by atoms with van der Waals surface area (Å²) in [7, 11) is 0. The highest BCUT2D eigenvalue weighted by Crippen LogP contribution is 2.24. The fourth-order valence-corrected chi connectivity index (χ4v) is 3.07. The van der Waals surface area contributed by atoms with Crippen molar-refractivity contribution in [2.75, 3.05) is 5.32 Å². The molecule has 0 unspecified atom stereocenters. The summed E-state index contributed by atoms with van der Waals surface area (Å²) in [4.78, 5) is 12.7. The Morgan fingerprint density at radius 1 is 1.00 bits per heavy atom. The van der Waals surface area contributed by atoms with Crippen LogP contribution in [0.3, 0.4) is 0 Å². The molecule has 2 aromatic heterocycles. The van der Waals surface area contributed by atoms with Crippen LogP contribution in [0.2, 0.25) is 0 Å². The third-order valence-electron chi connectivity index (χ3n) is 4.84. The molecule has 0 saturated heterocycles. The monoisotopic (exact) mass is 478 g/mol. The molecule has 4 rings (SSSR count). The van der Waals surface area contributed by atoms with Crippen LogP contribution in [0.25, 0.3) is 0 Å². The Hall–Kier alpha value is -4.22. The highest BCUT2D eigenvalue weighted by molar-refractivity contribution is 6.03. The second kappa shape index (κ2) is 9.33. The van der Waals surface area contributed by atoms with E-state index in [1.807, 2.05) is 6.07 Å². The van der Waals surface area contributed by atoms with Crippen LogP contribution in [-0.4, -0.2) is 20.8 Å². The number of hydrogen-bond acceptors (Lipinski definition) is 5. The third-order valence-corrected chi connectivity index (χ3v) is 4.84. The summed E-state index contributed by atoms with van der Waals surface area (Å²) in [6.45, 7) is 0.845. The second-order valence-electron chi connectivity index (χ2n) is 7.10. The van der Waals surface area contributed by atoms with Gasteiger partial charge < -0.3 is 14.6 Å². The molecule has 0 saturated carbocycles. The molecule has 12 heteroatoms. The van der Waals surface area contributed by atoms with E-state index in [2.05, 4.69) is 15.6 Å². The Bertz CT molecular complexity index is 1330. The van der Waals surface area contributed by atoms with Gasteiger partial charge in [0, 0.05) is 6.20 Å². The first kappa shape index (κ1) is 23.0. The molecule has 2 heterocycles. The van der Waals surface area contributed by atoms with Gasteiger partial charge in [0.15, 0.2) is 29.0 Å². The van der Waals surface area contributed by atoms with E-state index in [9.17, 15) is 26.7 Å². The van der Waals surface area contributed by atoms with Crippen molar-refractivity contribution in [3.63, 3.8) is 0 Å². The van der Waals surface area contributed by atoms with E-state index in [4.69, 9.17) is 9.26 Å². The number of amides is 1. The lowest BCUT2D eigenvalue weighted by atomic mass is 10.1. The number of carbonyl (C=O) groups is 1. The van der Waals surface area contributed by atoms with Gasteiger partial charge in [-0.3, -0.25) is 9.48 Å². The lowest BCUT2D eigenvalue weighted by Gasteiger charge is -2.08. The summed E-state index contributed by atoms with van der Waals surface area (Å²) in [5.74, 6) is -10.0. The summed E-state index contributed by atoms with van der Waals surface area (Å²) in [5.41, 5.74) is -0.634. The third kappa shape index (κ3) is 4.47. The summed E-state index contributed by atoms with van der Waals surface area (Å²) in [6, 6.07) is 8.87. The minimum absolute atomic E-state index is 0.00160. The molecular weight excluding hydrogens is 463 g/mol. The number of benzene rings is 2. The molecule has 0 aliphatic rings. The van der Waals surface area contributed by atoms with Gasteiger partial charge in [-0.25, -0.2) is 22.0 Å². The Kier molecular flexibility index (Phi) is 6.30. The maximum absolute atomic E-state index is 13.9. The van der Waals surface area contributed by atoms with Crippen molar-refractivity contribution in [3.8, 4) is 5.75 Å². The molecule has 2 aromatic carbocycles. The number of halogens is 5. The first-order chi connectivity index (χ1) is 16.3. The number of rotatable bonds is 7. The molecule has 0 atom stereocenters. The van der Waals surface area contributed by atoms with Gasteiger partial charge in [0.05, 0.1) is 29.6 Å². The molecule has 0 aliphatic carbocycles. The van der Waals surface area contributed by atoms with E-state index < -0.39 is 47.1 Å². The minimum atomic E-state index is -2.25. The maximum Gasteiger partial charge on any atom is 0.278 e. The summed E-state index contributed by atoms with van der Waals surface area (Å²) in [5, 5.41) is 10.0. The highest BCUT2D eigenvalue weighted by Gasteiger charge is 2.26. The van der Waals surface area contributed by atoms with E-state index >= 15 is 0 Å². The summed E-state index contributed by atoms with van der Waals surface area (Å²) in [6.07, 6.45) is 2.29. The first-order valence-electron chi connectivity index (χ1n) is 9.73. The van der Waals surface area contributed by atoms with Crippen molar-refractivity contribution in [2.24, 2.45) is 0 Å². The largest absolute Gasteiger partial charge is 0.489 e. The van der Waals surface area contributed by atoms with Gasteiger partial charge in [-0.1, -0.05) is 23.4 Å². The van der Waals surface area contributed by atoms with Gasteiger partial charge in [0.1, 0.15) is 18.1 Å². The zero-order valence-electron chi connectivity index (χ0n) is 17.4. The van der Waals surface area contributed by atoms with E-state index in [-0.39, 0.29) is 18.0 Å². The smallest absolute Gasteiger partial charge is 0.278 e. The predicted octanol–water partition coefficient (Wildman–Crippen LogP) is 4.75. The lowest BCUT2D eigenvalue weighted by molar-refractivity contribution is 0.101. The van der Waals surface area contributed by atoms with Gasteiger partial charge in [0.25, 0.3) is 5.91 Å². The van der Waals surface area contributed by atoms with Gasteiger partial charge in [-0.15, -0.1) is 0 Å². The Balaban J connectivity index is 1.48. The van der Waals surface area contributed by atoms with Crippen LogP contribution in [0.15, 0.2) is 47.2 Å². The Labute approximate surface area is 188 Å². The van der Waals surface area contributed by atoms with Crippen LogP contribution >= 0.6 is 0 Å². The number of hydrogen-bond donors (Lipinski definition) is 1. The van der Waals surface area contributed by atoms with Crippen molar-refractivity contribution < 1.29 is 36.0 Å². The molecule has 176 valence electrons. The number of ether oxygens (including phenoxy) is 1. The summed E-state index contributed by atoms with van der Waals surface area (Å²) >= 11 is 0. The molecule has 1 amide bonds. The van der Waals surface area contributed by atoms with Crippen LogP contribution in [0.1, 0.15) is 27.4 Å². The molecule has 0 fully saturated rings. The molecule has 34 heavy (non-hydrogen) atoms. The SMILES string of the molecule is Cc1onc(C(=O)Nc2cnn(Cc3c(F)c(F)c(F)c(F)c3F)c2)c1COc1ccccc1. The normalized spacial score (nSPS) is 11.0. The van der Waals surface area contributed by atoms with Crippen LogP contribution in [0.5, 0.6) is 5.75 Å². The van der Waals surface area contributed by atoms with E-state index in [1.54, 1.807) is 31.2 Å². The van der Waals surface area contributed by atoms with Crippen LogP contribution in [0, 0.1) is 36.0 Å². The minimum Gasteiger partial charge on any atom is -0.489 e. The predicted molar refractivity (Wildman–Crippen MR) is 108 cm³/mol. The number of anilines is 1. The van der Waals surface area contributed by atoms with Crippen LogP contribution in [-0.2, 0) is 13.2 Å². The lowest BCUT2D eigenvalue weighted by Crippen LogP contribution is -2.15. The van der Waals surface area contributed by atoms with Crippen molar-refractivity contribution in [2.45, 2.75) is 20.1 Å². The Morgan fingerprint density at radius 2 is 1.65 bits per heavy atom. The molecule has 4 aromatic rings. The van der Waals surface area contributed by atoms with Crippen LogP contribution < -0.4 is 10.1 Å². The Morgan fingerprint density at radius 3 is 2.32 bits per heavy atom. The van der Waals surface area contributed by atoms with Crippen molar-refractivity contribution in [3.05, 3.63) is 94.4 Å². The number of carbonyl (C=O) groups excluding carboxylic acids is 1. The molecule has 0 spiro atoms. The zero-order chi connectivity index (χ0) is 24.4.